The van der Waals surface area contributed by atoms with Gasteiger partial charge in [0, 0.05) is 11.6 Å². The highest BCUT2D eigenvalue weighted by atomic mass is 35.5. The molecule has 0 aliphatic carbocycles. The lowest BCUT2D eigenvalue weighted by Gasteiger charge is -2.25. The summed E-state index contributed by atoms with van der Waals surface area (Å²) in [5, 5.41) is 0.389. The van der Waals surface area contributed by atoms with Crippen LogP contribution in [0.2, 0.25) is 5.02 Å². The van der Waals surface area contributed by atoms with Crippen molar-refractivity contribution in [1.82, 2.24) is 4.90 Å². The van der Waals surface area contributed by atoms with Crippen molar-refractivity contribution >= 4 is 29.2 Å². The van der Waals surface area contributed by atoms with Crippen molar-refractivity contribution in [2.45, 2.75) is 19.9 Å². The second kappa shape index (κ2) is 6.43. The molecule has 0 atom stereocenters. The predicted octanol–water partition coefficient (Wildman–Crippen LogP) is 1.95. The van der Waals surface area contributed by atoms with E-state index in [9.17, 15) is 9.59 Å². The van der Waals surface area contributed by atoms with Crippen molar-refractivity contribution < 1.29 is 14.3 Å². The van der Waals surface area contributed by atoms with E-state index < -0.39 is 5.97 Å². The zero-order chi connectivity index (χ0) is 14.6. The molecule has 5 nitrogen and oxygen atoms in total. The number of nitrogen functional groups attached to an aromatic ring is 1. The average molecular weight is 285 g/mol. The first-order valence-corrected chi connectivity index (χ1v) is 6.17. The Balaban J connectivity index is 2.99. The number of benzene rings is 1. The highest BCUT2D eigenvalue weighted by Gasteiger charge is 2.22. The van der Waals surface area contributed by atoms with Gasteiger partial charge in [-0.1, -0.05) is 11.6 Å². The maximum Gasteiger partial charge on any atom is 0.325 e. The summed E-state index contributed by atoms with van der Waals surface area (Å²) in [6.07, 6.45) is 0. The molecular formula is C13H17ClN2O3. The number of hydrogen-bond acceptors (Lipinski definition) is 4. The van der Waals surface area contributed by atoms with Gasteiger partial charge >= 0.3 is 5.97 Å². The van der Waals surface area contributed by atoms with Gasteiger partial charge in [0.2, 0.25) is 0 Å². The number of amides is 1. The number of hydrogen-bond donors (Lipinski definition) is 1. The molecule has 0 heterocycles. The minimum atomic E-state index is -0.469. The quantitative estimate of drug-likeness (QED) is 0.677. The van der Waals surface area contributed by atoms with Crippen molar-refractivity contribution in [1.29, 1.82) is 0 Å². The van der Waals surface area contributed by atoms with E-state index >= 15 is 0 Å². The summed E-state index contributed by atoms with van der Waals surface area (Å²) < 4.78 is 4.58. The third kappa shape index (κ3) is 3.86. The summed E-state index contributed by atoms with van der Waals surface area (Å²) in [4.78, 5) is 25.1. The second-order valence-electron chi connectivity index (χ2n) is 4.34. The van der Waals surface area contributed by atoms with Gasteiger partial charge in [-0.3, -0.25) is 9.59 Å². The smallest absolute Gasteiger partial charge is 0.325 e. The van der Waals surface area contributed by atoms with Gasteiger partial charge in [-0.25, -0.2) is 0 Å². The van der Waals surface area contributed by atoms with Crippen LogP contribution in [0.25, 0.3) is 0 Å². The van der Waals surface area contributed by atoms with E-state index in [0.29, 0.717) is 16.3 Å². The minimum absolute atomic E-state index is 0.102. The SMILES string of the molecule is COC(=O)CN(C(=O)c1ccc(Cl)c(N)c1)C(C)C. The van der Waals surface area contributed by atoms with Crippen LogP contribution in [-0.4, -0.2) is 36.5 Å². The Labute approximate surface area is 117 Å². The molecule has 0 unspecified atom stereocenters. The fourth-order valence-corrected chi connectivity index (χ4v) is 1.65. The third-order valence-electron chi connectivity index (χ3n) is 2.65. The molecule has 0 radical (unpaired) electrons. The van der Waals surface area contributed by atoms with Crippen molar-refractivity contribution in [3.8, 4) is 0 Å². The predicted molar refractivity (Wildman–Crippen MR) is 74.1 cm³/mol. The van der Waals surface area contributed by atoms with Gasteiger partial charge in [-0.15, -0.1) is 0 Å². The Bertz CT molecular complexity index is 489. The Hall–Kier alpha value is -1.75. The Morgan fingerprint density at radius 3 is 2.53 bits per heavy atom. The summed E-state index contributed by atoms with van der Waals surface area (Å²) in [5.41, 5.74) is 6.38. The summed E-state index contributed by atoms with van der Waals surface area (Å²) in [6.45, 7) is 3.54. The van der Waals surface area contributed by atoms with Crippen LogP contribution in [0.15, 0.2) is 18.2 Å². The molecule has 1 amide bonds. The van der Waals surface area contributed by atoms with Crippen molar-refractivity contribution in [3.63, 3.8) is 0 Å². The van der Waals surface area contributed by atoms with Crippen LogP contribution in [0.5, 0.6) is 0 Å². The average Bonchev–Trinajstić information content (AvgIpc) is 2.37. The van der Waals surface area contributed by atoms with Crippen LogP contribution in [0.4, 0.5) is 5.69 Å². The summed E-state index contributed by atoms with van der Waals surface area (Å²) in [6, 6.07) is 4.50. The highest BCUT2D eigenvalue weighted by Crippen LogP contribution is 2.20. The van der Waals surface area contributed by atoms with Gasteiger partial charge in [0.1, 0.15) is 6.54 Å². The molecule has 0 saturated carbocycles. The summed E-state index contributed by atoms with van der Waals surface area (Å²) in [5.74, 6) is -0.757. The molecule has 2 N–H and O–H groups in total. The zero-order valence-electron chi connectivity index (χ0n) is 11.1. The lowest BCUT2D eigenvalue weighted by molar-refractivity contribution is -0.141. The minimum Gasteiger partial charge on any atom is -0.468 e. The molecule has 104 valence electrons. The van der Waals surface area contributed by atoms with Crippen LogP contribution >= 0.6 is 11.6 Å². The van der Waals surface area contributed by atoms with Crippen LogP contribution in [0.3, 0.4) is 0 Å². The zero-order valence-corrected chi connectivity index (χ0v) is 11.9. The number of ether oxygens (including phenoxy) is 1. The standard InChI is InChI=1S/C13H17ClN2O3/c1-8(2)16(7-12(17)19-3)13(18)9-4-5-10(14)11(15)6-9/h4-6,8H,7,15H2,1-3H3. The van der Waals surface area contributed by atoms with E-state index in [2.05, 4.69) is 4.74 Å². The van der Waals surface area contributed by atoms with Gasteiger partial charge in [0.25, 0.3) is 5.91 Å². The van der Waals surface area contributed by atoms with E-state index in [0.717, 1.165) is 0 Å². The molecule has 1 rings (SSSR count). The Kier molecular flexibility index (Phi) is 5.18. The lowest BCUT2D eigenvalue weighted by Crippen LogP contribution is -2.41. The molecule has 1 aromatic carbocycles. The highest BCUT2D eigenvalue weighted by molar-refractivity contribution is 6.33. The fourth-order valence-electron chi connectivity index (χ4n) is 1.54. The second-order valence-corrected chi connectivity index (χ2v) is 4.75. The number of carbonyl (C=O) groups is 2. The molecule has 1 aromatic rings. The van der Waals surface area contributed by atoms with E-state index in [1.807, 2.05) is 13.8 Å². The van der Waals surface area contributed by atoms with Gasteiger partial charge in [0.05, 0.1) is 17.8 Å². The maximum absolute atomic E-state index is 12.3. The lowest BCUT2D eigenvalue weighted by atomic mass is 10.1. The maximum atomic E-state index is 12.3. The van der Waals surface area contributed by atoms with Crippen molar-refractivity contribution in [2.75, 3.05) is 19.4 Å². The van der Waals surface area contributed by atoms with Crippen LogP contribution in [0, 0.1) is 0 Å². The monoisotopic (exact) mass is 284 g/mol. The molecule has 0 fully saturated rings. The number of nitrogens with two attached hydrogens (primary N) is 1. The number of halogens is 1. The van der Waals surface area contributed by atoms with Crippen LogP contribution < -0.4 is 5.73 Å². The van der Waals surface area contributed by atoms with Crippen LogP contribution in [-0.2, 0) is 9.53 Å². The van der Waals surface area contributed by atoms with E-state index in [1.165, 1.54) is 18.1 Å². The molecule has 0 aliphatic rings. The number of methoxy groups -OCH3 is 1. The van der Waals surface area contributed by atoms with E-state index in [1.54, 1.807) is 12.1 Å². The number of carbonyl (C=O) groups excluding carboxylic acids is 2. The number of esters is 1. The van der Waals surface area contributed by atoms with Crippen molar-refractivity contribution in [3.05, 3.63) is 28.8 Å². The van der Waals surface area contributed by atoms with Crippen molar-refractivity contribution in [2.24, 2.45) is 0 Å². The van der Waals surface area contributed by atoms with E-state index in [-0.39, 0.29) is 18.5 Å². The van der Waals surface area contributed by atoms with E-state index in [4.69, 9.17) is 17.3 Å². The largest absolute Gasteiger partial charge is 0.468 e. The van der Waals surface area contributed by atoms with Gasteiger partial charge in [0.15, 0.2) is 0 Å². The fraction of sp³-hybridized carbons (Fsp3) is 0.385. The Morgan fingerprint density at radius 1 is 1.42 bits per heavy atom. The molecular weight excluding hydrogens is 268 g/mol. The molecule has 6 heteroatoms. The first kappa shape index (κ1) is 15.3. The molecule has 0 aromatic heterocycles. The van der Waals surface area contributed by atoms with Crippen LogP contribution in [0.1, 0.15) is 24.2 Å². The van der Waals surface area contributed by atoms with Gasteiger partial charge in [-0.05, 0) is 32.0 Å². The number of nitrogens with zero attached hydrogens (tertiary/aromatic N) is 1. The molecule has 0 saturated heterocycles. The topological polar surface area (TPSA) is 72.6 Å². The van der Waals surface area contributed by atoms with Gasteiger partial charge < -0.3 is 15.4 Å². The summed E-state index contributed by atoms with van der Waals surface area (Å²) in [7, 11) is 1.28. The first-order valence-electron chi connectivity index (χ1n) is 5.79. The summed E-state index contributed by atoms with van der Waals surface area (Å²) >= 11 is 5.81. The normalized spacial score (nSPS) is 10.4. The first-order chi connectivity index (χ1) is 8.86. The third-order valence-corrected chi connectivity index (χ3v) is 3.00. The molecule has 0 spiro atoms. The molecule has 0 aliphatic heterocycles. The Morgan fingerprint density at radius 2 is 2.05 bits per heavy atom. The van der Waals surface area contributed by atoms with Gasteiger partial charge in [-0.2, -0.15) is 0 Å². The molecule has 19 heavy (non-hydrogen) atoms. The molecule has 0 bridgehead atoms. The number of rotatable bonds is 4. The number of anilines is 1.